The summed E-state index contributed by atoms with van der Waals surface area (Å²) < 4.78 is 39.3. The van der Waals surface area contributed by atoms with Gasteiger partial charge in [0.15, 0.2) is 5.78 Å². The number of halogens is 2. The molecule has 2 aromatic rings. The highest BCUT2D eigenvalue weighted by Crippen LogP contribution is 2.46. The van der Waals surface area contributed by atoms with E-state index in [4.69, 9.17) is 9.47 Å². The molecule has 1 amide bonds. The van der Waals surface area contributed by atoms with Crippen molar-refractivity contribution in [3.8, 4) is 11.5 Å². The van der Waals surface area contributed by atoms with Crippen LogP contribution in [0, 0.1) is 11.6 Å². The molecule has 0 radical (unpaired) electrons. The summed E-state index contributed by atoms with van der Waals surface area (Å²) >= 11 is 0. The summed E-state index contributed by atoms with van der Waals surface area (Å²) in [6.07, 6.45) is 1.71. The van der Waals surface area contributed by atoms with E-state index >= 15 is 0 Å². The Kier molecular flexibility index (Phi) is 6.18. The van der Waals surface area contributed by atoms with Gasteiger partial charge in [-0.1, -0.05) is 12.1 Å². The maximum absolute atomic E-state index is 14.2. The molecule has 1 aliphatic heterocycles. The Morgan fingerprint density at radius 2 is 1.82 bits per heavy atom. The molecule has 2 aliphatic rings. The van der Waals surface area contributed by atoms with Gasteiger partial charge in [-0.2, -0.15) is 0 Å². The van der Waals surface area contributed by atoms with Gasteiger partial charge in [-0.25, -0.2) is 8.78 Å². The summed E-state index contributed by atoms with van der Waals surface area (Å²) in [7, 11) is 3.01. The van der Waals surface area contributed by atoms with Crippen LogP contribution in [-0.2, 0) is 9.59 Å². The number of rotatable bonds is 5. The predicted molar refractivity (Wildman–Crippen MR) is 119 cm³/mol. The highest BCUT2D eigenvalue weighted by Gasteiger charge is 2.40. The number of ketones is 1. The van der Waals surface area contributed by atoms with E-state index in [0.29, 0.717) is 47.6 Å². The molecule has 1 atom stereocenters. The molecular weight excluding hydrogens is 430 g/mol. The Morgan fingerprint density at radius 1 is 1.09 bits per heavy atom. The van der Waals surface area contributed by atoms with Crippen LogP contribution >= 0.6 is 0 Å². The number of benzene rings is 2. The second-order valence-electron chi connectivity index (χ2n) is 7.92. The van der Waals surface area contributed by atoms with E-state index in [1.807, 2.05) is 0 Å². The van der Waals surface area contributed by atoms with Crippen LogP contribution in [0.25, 0.3) is 0 Å². The van der Waals surface area contributed by atoms with Crippen LogP contribution in [0.4, 0.5) is 14.5 Å². The number of allylic oxidation sites excluding steroid dienone is 3. The lowest BCUT2D eigenvalue weighted by Crippen LogP contribution is -2.35. The first-order valence-corrected chi connectivity index (χ1v) is 10.6. The lowest BCUT2D eigenvalue weighted by atomic mass is 9.74. The number of para-hydroxylation sites is 1. The van der Waals surface area contributed by atoms with E-state index in [1.54, 1.807) is 25.1 Å². The van der Waals surface area contributed by atoms with Crippen molar-refractivity contribution in [2.45, 2.75) is 32.1 Å². The first-order chi connectivity index (χ1) is 15.8. The van der Waals surface area contributed by atoms with Crippen LogP contribution in [0.5, 0.6) is 11.5 Å². The first-order valence-electron chi connectivity index (χ1n) is 10.6. The Bertz CT molecular complexity index is 1180. The Labute approximate surface area is 190 Å². The fraction of sp³-hybridized carbons (Fsp3) is 0.280. The molecule has 2 aromatic carbocycles. The number of hydrogen-bond donors (Lipinski definition) is 2. The molecule has 0 fully saturated rings. The van der Waals surface area contributed by atoms with E-state index in [0.717, 1.165) is 17.8 Å². The molecule has 2 N–H and O–H groups in total. The Morgan fingerprint density at radius 3 is 2.48 bits per heavy atom. The van der Waals surface area contributed by atoms with Crippen LogP contribution in [0.3, 0.4) is 0 Å². The molecule has 0 saturated carbocycles. The zero-order chi connectivity index (χ0) is 23.7. The second-order valence-corrected chi connectivity index (χ2v) is 7.92. The summed E-state index contributed by atoms with van der Waals surface area (Å²) in [5, 5.41) is 5.54. The van der Waals surface area contributed by atoms with Crippen LogP contribution in [0.1, 0.15) is 37.7 Å². The molecule has 1 unspecified atom stereocenters. The molecule has 0 saturated heterocycles. The van der Waals surface area contributed by atoms with Crippen LogP contribution in [0.15, 0.2) is 58.9 Å². The van der Waals surface area contributed by atoms with E-state index in [2.05, 4.69) is 10.6 Å². The molecule has 0 aromatic heterocycles. The minimum absolute atomic E-state index is 0.0820. The molecule has 0 spiro atoms. The quantitative estimate of drug-likeness (QED) is 0.691. The van der Waals surface area contributed by atoms with Gasteiger partial charge < -0.3 is 20.1 Å². The summed E-state index contributed by atoms with van der Waals surface area (Å²) in [5.41, 5.74) is 1.95. The number of amides is 1. The fourth-order valence-corrected chi connectivity index (χ4v) is 4.45. The van der Waals surface area contributed by atoms with Gasteiger partial charge in [0, 0.05) is 40.6 Å². The summed E-state index contributed by atoms with van der Waals surface area (Å²) in [6, 6.07) is 8.48. The van der Waals surface area contributed by atoms with Crippen molar-refractivity contribution in [3.05, 3.63) is 76.1 Å². The minimum atomic E-state index is -0.891. The van der Waals surface area contributed by atoms with Crippen molar-refractivity contribution >= 4 is 17.4 Å². The van der Waals surface area contributed by atoms with Crippen LogP contribution in [-0.4, -0.2) is 25.9 Å². The zero-order valence-electron chi connectivity index (χ0n) is 18.6. The van der Waals surface area contributed by atoms with Gasteiger partial charge in [0.2, 0.25) is 0 Å². The first kappa shape index (κ1) is 22.5. The van der Waals surface area contributed by atoms with E-state index in [9.17, 15) is 18.4 Å². The number of carbonyl (C=O) groups excluding carboxylic acids is 2. The van der Waals surface area contributed by atoms with Crippen molar-refractivity contribution in [3.63, 3.8) is 0 Å². The zero-order valence-corrected chi connectivity index (χ0v) is 18.6. The fourth-order valence-electron chi connectivity index (χ4n) is 4.45. The lowest BCUT2D eigenvalue weighted by Gasteiger charge is -2.35. The van der Waals surface area contributed by atoms with Gasteiger partial charge in [0.05, 0.1) is 20.1 Å². The van der Waals surface area contributed by atoms with Gasteiger partial charge in [-0.3, -0.25) is 9.59 Å². The number of ether oxygens (including phenoxy) is 2. The van der Waals surface area contributed by atoms with Crippen LogP contribution < -0.4 is 20.1 Å². The van der Waals surface area contributed by atoms with Crippen molar-refractivity contribution < 1.29 is 27.8 Å². The standard InChI is InChI=1S/C25H24F2N2O4/c1-13-21(25(31)29-24-16(26)6-4-7-17(24)27)22(23-18(28-13)8-5-9-19(23)30)15-11-10-14(32-2)12-20(15)33-3/h4,6-7,10-12,22,28H,5,8-9H2,1-3H3,(H,29,31). The lowest BCUT2D eigenvalue weighted by molar-refractivity contribution is -0.116. The largest absolute Gasteiger partial charge is 0.497 e. The monoisotopic (exact) mass is 454 g/mol. The van der Waals surface area contributed by atoms with Gasteiger partial charge in [-0.15, -0.1) is 0 Å². The SMILES string of the molecule is COc1ccc(C2C(C(=O)Nc3c(F)cccc3F)=C(C)NC3=C2C(=O)CCC3)c(OC)c1. The van der Waals surface area contributed by atoms with Crippen molar-refractivity contribution in [1.29, 1.82) is 0 Å². The molecular formula is C25H24F2N2O4. The van der Waals surface area contributed by atoms with Crippen molar-refractivity contribution in [2.24, 2.45) is 0 Å². The Hall–Kier alpha value is -3.68. The predicted octanol–water partition coefficient (Wildman–Crippen LogP) is 4.59. The highest BCUT2D eigenvalue weighted by atomic mass is 19.1. The number of methoxy groups -OCH3 is 2. The van der Waals surface area contributed by atoms with Crippen molar-refractivity contribution in [1.82, 2.24) is 5.32 Å². The molecule has 4 rings (SSSR count). The number of dihydropyridines is 1. The molecule has 1 aliphatic carbocycles. The molecule has 8 heteroatoms. The van der Waals surface area contributed by atoms with E-state index in [1.165, 1.54) is 20.3 Å². The molecule has 6 nitrogen and oxygen atoms in total. The highest BCUT2D eigenvalue weighted by molar-refractivity contribution is 6.10. The maximum atomic E-state index is 14.2. The molecule has 0 bridgehead atoms. The number of anilines is 1. The van der Waals surface area contributed by atoms with Gasteiger partial charge in [-0.05, 0) is 38.0 Å². The summed E-state index contributed by atoms with van der Waals surface area (Å²) in [4.78, 5) is 26.5. The Balaban J connectivity index is 1.86. The number of nitrogens with one attached hydrogen (secondary N) is 2. The third kappa shape index (κ3) is 4.08. The van der Waals surface area contributed by atoms with Gasteiger partial charge >= 0.3 is 0 Å². The summed E-state index contributed by atoms with van der Waals surface area (Å²) in [6.45, 7) is 1.71. The second kappa shape index (κ2) is 9.05. The normalized spacial score (nSPS) is 18.0. The average Bonchev–Trinajstić information content (AvgIpc) is 2.80. The summed E-state index contributed by atoms with van der Waals surface area (Å²) in [5.74, 6) is -2.37. The maximum Gasteiger partial charge on any atom is 0.254 e. The average molecular weight is 454 g/mol. The smallest absolute Gasteiger partial charge is 0.254 e. The molecule has 1 heterocycles. The van der Waals surface area contributed by atoms with E-state index < -0.39 is 29.1 Å². The van der Waals surface area contributed by atoms with Crippen molar-refractivity contribution in [2.75, 3.05) is 19.5 Å². The topological polar surface area (TPSA) is 76.7 Å². The number of hydrogen-bond acceptors (Lipinski definition) is 5. The third-order valence-corrected chi connectivity index (χ3v) is 5.97. The van der Waals surface area contributed by atoms with Gasteiger partial charge in [0.1, 0.15) is 28.8 Å². The van der Waals surface area contributed by atoms with Gasteiger partial charge in [0.25, 0.3) is 5.91 Å². The molecule has 33 heavy (non-hydrogen) atoms. The number of Topliss-reactive ketones (excluding diaryl/α,β-unsaturated/α-hetero) is 1. The van der Waals surface area contributed by atoms with Crippen LogP contribution in [0.2, 0.25) is 0 Å². The number of carbonyl (C=O) groups is 2. The third-order valence-electron chi connectivity index (χ3n) is 5.97. The molecule has 172 valence electrons. The van der Waals surface area contributed by atoms with E-state index in [-0.39, 0.29) is 11.4 Å². The minimum Gasteiger partial charge on any atom is -0.497 e.